The highest BCUT2D eigenvalue weighted by Crippen LogP contribution is 2.25. The normalized spacial score (nSPS) is 19.2. The summed E-state index contributed by atoms with van der Waals surface area (Å²) in [5.41, 5.74) is 1.41. The Morgan fingerprint density at radius 2 is 1.81 bits per heavy atom. The van der Waals surface area contributed by atoms with Gasteiger partial charge in [-0.1, -0.05) is 30.3 Å². The number of piperidine rings is 1. The number of likely N-dealkylation sites (tertiary alicyclic amines) is 2. The predicted octanol–water partition coefficient (Wildman–Crippen LogP) is 3.83. The van der Waals surface area contributed by atoms with Crippen LogP contribution in [0.25, 0.3) is 0 Å². The fraction of sp³-hybridized carbons (Fsp3) is 0.524. The van der Waals surface area contributed by atoms with E-state index < -0.39 is 0 Å². The summed E-state index contributed by atoms with van der Waals surface area (Å²) in [7, 11) is 0. The molecule has 2 fully saturated rings. The summed E-state index contributed by atoms with van der Waals surface area (Å²) in [6, 6.07) is 10.7. The first-order valence-corrected chi connectivity index (χ1v) is 10.6. The third-order valence-electron chi connectivity index (χ3n) is 5.59. The van der Waals surface area contributed by atoms with Crippen molar-refractivity contribution in [1.82, 2.24) is 14.8 Å². The summed E-state index contributed by atoms with van der Waals surface area (Å²) in [5.74, 6) is 0.863. The lowest BCUT2D eigenvalue weighted by atomic mass is 9.90. The lowest BCUT2D eigenvalue weighted by Gasteiger charge is -2.31. The Morgan fingerprint density at radius 3 is 2.54 bits per heavy atom. The molecule has 0 unspecified atom stereocenters. The van der Waals surface area contributed by atoms with Gasteiger partial charge in [0, 0.05) is 13.1 Å². The fourth-order valence-electron chi connectivity index (χ4n) is 4.06. The van der Waals surface area contributed by atoms with Crippen LogP contribution in [0.3, 0.4) is 0 Å². The van der Waals surface area contributed by atoms with E-state index in [1.165, 1.54) is 18.4 Å². The molecular weight excluding hydrogens is 342 g/mol. The van der Waals surface area contributed by atoms with Crippen molar-refractivity contribution < 1.29 is 4.79 Å². The topological polar surface area (TPSA) is 36.4 Å². The first-order valence-electron chi connectivity index (χ1n) is 9.78. The number of nitrogens with zero attached hydrogens (tertiary/aromatic N) is 3. The van der Waals surface area contributed by atoms with Gasteiger partial charge in [0.05, 0.1) is 12.7 Å². The average molecular weight is 370 g/mol. The molecule has 0 N–H and O–H groups in total. The van der Waals surface area contributed by atoms with Gasteiger partial charge in [0.25, 0.3) is 5.91 Å². The molecule has 1 amide bonds. The van der Waals surface area contributed by atoms with Crippen LogP contribution in [0.4, 0.5) is 0 Å². The first kappa shape index (κ1) is 17.7. The Bertz CT molecular complexity index is 716. The highest BCUT2D eigenvalue weighted by molar-refractivity contribution is 7.13. The number of amides is 1. The summed E-state index contributed by atoms with van der Waals surface area (Å²) in [5, 5.41) is 1.08. The molecule has 0 spiro atoms. The van der Waals surface area contributed by atoms with Crippen LogP contribution in [-0.2, 0) is 13.0 Å². The van der Waals surface area contributed by atoms with Crippen molar-refractivity contribution in [2.24, 2.45) is 5.92 Å². The molecule has 2 saturated heterocycles. The molecule has 0 atom stereocenters. The number of thiazole rings is 1. The molecule has 5 heteroatoms. The van der Waals surface area contributed by atoms with Gasteiger partial charge in [-0.05, 0) is 56.7 Å². The van der Waals surface area contributed by atoms with Gasteiger partial charge >= 0.3 is 0 Å². The highest BCUT2D eigenvalue weighted by atomic mass is 32.1. The number of carbonyl (C=O) groups excluding carboxylic acids is 1. The van der Waals surface area contributed by atoms with Gasteiger partial charge in [-0.15, -0.1) is 11.3 Å². The molecule has 0 saturated carbocycles. The zero-order valence-corrected chi connectivity index (χ0v) is 16.1. The Labute approximate surface area is 159 Å². The zero-order valence-electron chi connectivity index (χ0n) is 15.3. The SMILES string of the molecule is O=C(c1cnc(CN2CCCC2)s1)N1CCC(Cc2ccccc2)CC1. The molecule has 2 aromatic rings. The Hall–Kier alpha value is -1.72. The van der Waals surface area contributed by atoms with Gasteiger partial charge < -0.3 is 4.90 Å². The zero-order chi connectivity index (χ0) is 17.8. The lowest BCUT2D eigenvalue weighted by molar-refractivity contribution is 0.0695. The van der Waals surface area contributed by atoms with Crippen LogP contribution >= 0.6 is 11.3 Å². The number of rotatable bonds is 5. The van der Waals surface area contributed by atoms with Crippen LogP contribution in [0.15, 0.2) is 36.5 Å². The summed E-state index contributed by atoms with van der Waals surface area (Å²) in [6.45, 7) is 4.97. The van der Waals surface area contributed by atoms with Crippen LogP contribution in [0.5, 0.6) is 0 Å². The van der Waals surface area contributed by atoms with Crippen LogP contribution in [-0.4, -0.2) is 46.9 Å². The quantitative estimate of drug-likeness (QED) is 0.804. The second-order valence-corrected chi connectivity index (χ2v) is 8.64. The second kappa shape index (κ2) is 8.31. The van der Waals surface area contributed by atoms with Crippen molar-refractivity contribution in [3.63, 3.8) is 0 Å². The van der Waals surface area contributed by atoms with E-state index in [4.69, 9.17) is 0 Å². The van der Waals surface area contributed by atoms with E-state index >= 15 is 0 Å². The standard InChI is InChI=1S/C21H27N3OS/c25-21(19-15-22-20(26-19)16-23-10-4-5-11-23)24-12-8-18(9-13-24)14-17-6-2-1-3-7-17/h1-3,6-7,15,18H,4-5,8-14,16H2. The summed E-state index contributed by atoms with van der Waals surface area (Å²) >= 11 is 1.58. The van der Waals surface area contributed by atoms with Crippen molar-refractivity contribution in [1.29, 1.82) is 0 Å². The maximum atomic E-state index is 12.8. The third-order valence-corrected chi connectivity index (χ3v) is 6.56. The molecule has 2 aliphatic heterocycles. The van der Waals surface area contributed by atoms with Gasteiger partial charge in [-0.2, -0.15) is 0 Å². The minimum absolute atomic E-state index is 0.174. The van der Waals surface area contributed by atoms with E-state index in [-0.39, 0.29) is 5.91 Å². The van der Waals surface area contributed by atoms with Crippen LogP contribution in [0.1, 0.15) is 45.9 Å². The summed E-state index contributed by atoms with van der Waals surface area (Å²) in [6.07, 6.45) is 7.68. The lowest BCUT2D eigenvalue weighted by Crippen LogP contribution is -2.38. The van der Waals surface area contributed by atoms with Crippen LogP contribution in [0.2, 0.25) is 0 Å². The molecule has 0 aliphatic carbocycles. The van der Waals surface area contributed by atoms with Crippen LogP contribution in [0, 0.1) is 5.92 Å². The Morgan fingerprint density at radius 1 is 1.08 bits per heavy atom. The Kier molecular flexibility index (Phi) is 5.65. The smallest absolute Gasteiger partial charge is 0.265 e. The van der Waals surface area contributed by atoms with Crippen molar-refractivity contribution in [3.05, 3.63) is 52.0 Å². The van der Waals surface area contributed by atoms with E-state index in [2.05, 4.69) is 40.2 Å². The molecule has 138 valence electrons. The minimum atomic E-state index is 0.174. The largest absolute Gasteiger partial charge is 0.338 e. The molecule has 0 bridgehead atoms. The maximum absolute atomic E-state index is 12.8. The van der Waals surface area contributed by atoms with Gasteiger partial charge in [-0.3, -0.25) is 9.69 Å². The fourth-order valence-corrected chi connectivity index (χ4v) is 4.99. The van der Waals surface area contributed by atoms with E-state index in [1.54, 1.807) is 17.5 Å². The number of aromatic nitrogens is 1. The number of hydrogen-bond donors (Lipinski definition) is 0. The molecule has 1 aromatic carbocycles. The van der Waals surface area contributed by atoms with Gasteiger partial charge in [-0.25, -0.2) is 4.98 Å². The number of benzene rings is 1. The number of hydrogen-bond acceptors (Lipinski definition) is 4. The van der Waals surface area contributed by atoms with Gasteiger partial charge in [0.15, 0.2) is 0 Å². The van der Waals surface area contributed by atoms with E-state index in [1.807, 2.05) is 4.90 Å². The third kappa shape index (κ3) is 4.33. The average Bonchev–Trinajstić information content (AvgIpc) is 3.35. The molecule has 0 radical (unpaired) electrons. The number of carbonyl (C=O) groups is 1. The van der Waals surface area contributed by atoms with E-state index in [0.29, 0.717) is 5.92 Å². The van der Waals surface area contributed by atoms with Crippen molar-refractivity contribution >= 4 is 17.2 Å². The minimum Gasteiger partial charge on any atom is -0.338 e. The molecule has 4 rings (SSSR count). The van der Waals surface area contributed by atoms with E-state index in [0.717, 1.165) is 61.9 Å². The van der Waals surface area contributed by atoms with Crippen molar-refractivity contribution in [2.45, 2.75) is 38.6 Å². The van der Waals surface area contributed by atoms with Gasteiger partial charge in [0.1, 0.15) is 9.88 Å². The summed E-state index contributed by atoms with van der Waals surface area (Å²) in [4.78, 5) is 22.6. The molecule has 2 aliphatic rings. The molecule has 1 aromatic heterocycles. The molecular formula is C21H27N3OS. The summed E-state index contributed by atoms with van der Waals surface area (Å²) < 4.78 is 0. The highest BCUT2D eigenvalue weighted by Gasteiger charge is 2.25. The first-order chi connectivity index (χ1) is 12.8. The molecule has 26 heavy (non-hydrogen) atoms. The van der Waals surface area contributed by atoms with E-state index in [9.17, 15) is 4.79 Å². The monoisotopic (exact) mass is 369 g/mol. The van der Waals surface area contributed by atoms with Gasteiger partial charge in [0.2, 0.25) is 0 Å². The predicted molar refractivity (Wildman–Crippen MR) is 105 cm³/mol. The van der Waals surface area contributed by atoms with Crippen molar-refractivity contribution in [2.75, 3.05) is 26.2 Å². The second-order valence-electron chi connectivity index (χ2n) is 7.53. The maximum Gasteiger partial charge on any atom is 0.265 e. The molecule has 3 heterocycles. The Balaban J connectivity index is 1.28. The van der Waals surface area contributed by atoms with Crippen molar-refractivity contribution in [3.8, 4) is 0 Å². The molecule has 4 nitrogen and oxygen atoms in total. The van der Waals surface area contributed by atoms with Crippen LogP contribution < -0.4 is 0 Å².